The number of fused-ring (bicyclic) bond motifs is 1. The van der Waals surface area contributed by atoms with E-state index in [9.17, 15) is 18.0 Å². The molecular formula is C19H23F3N6O3. The smallest absolute Gasteiger partial charge is 0.475 e. The fourth-order valence-electron chi connectivity index (χ4n) is 2.57. The Kier molecular flexibility index (Phi) is 7.26. The summed E-state index contributed by atoms with van der Waals surface area (Å²) in [4.78, 5) is 35.2. The van der Waals surface area contributed by atoms with Crippen LogP contribution in [0.2, 0.25) is 0 Å². The highest BCUT2D eigenvalue weighted by Gasteiger charge is 2.38. The molecule has 3 aromatic rings. The normalized spacial score (nSPS) is 12.1. The van der Waals surface area contributed by atoms with Gasteiger partial charge in [0.1, 0.15) is 5.82 Å². The molecule has 1 unspecified atom stereocenters. The van der Waals surface area contributed by atoms with E-state index in [1.54, 1.807) is 12.3 Å². The molecule has 9 nitrogen and oxygen atoms in total. The molecule has 0 saturated heterocycles. The van der Waals surface area contributed by atoms with E-state index < -0.39 is 12.1 Å². The number of anilines is 1. The number of carbonyl (C=O) groups is 2. The zero-order valence-electron chi connectivity index (χ0n) is 17.4. The van der Waals surface area contributed by atoms with Crippen LogP contribution in [0.3, 0.4) is 0 Å². The molecule has 0 bridgehead atoms. The minimum atomic E-state index is -5.08. The molecule has 0 saturated carbocycles. The van der Waals surface area contributed by atoms with Crippen LogP contribution < -0.4 is 10.2 Å². The maximum absolute atomic E-state index is 12.5. The first-order valence-corrected chi connectivity index (χ1v) is 9.12. The number of amides is 1. The zero-order chi connectivity index (χ0) is 23.3. The van der Waals surface area contributed by atoms with Crippen molar-refractivity contribution in [1.29, 1.82) is 0 Å². The number of halogens is 3. The molecular weight excluding hydrogens is 417 g/mol. The quantitative estimate of drug-likeness (QED) is 0.561. The number of aryl methyl sites for hydroxylation is 1. The summed E-state index contributed by atoms with van der Waals surface area (Å²) in [5.74, 6) is -1.14. The van der Waals surface area contributed by atoms with Crippen molar-refractivity contribution in [2.24, 2.45) is 7.05 Å². The number of rotatable bonds is 5. The molecule has 0 fully saturated rings. The maximum atomic E-state index is 12.5. The second-order valence-corrected chi connectivity index (χ2v) is 7.02. The molecule has 3 N–H and O–H groups in total. The largest absolute Gasteiger partial charge is 0.490 e. The van der Waals surface area contributed by atoms with E-state index in [0.717, 1.165) is 22.8 Å². The van der Waals surface area contributed by atoms with Crippen molar-refractivity contribution in [3.63, 3.8) is 0 Å². The number of nitrogens with zero attached hydrogens (tertiary/aromatic N) is 4. The SMILES string of the molecule is CC(Cc1nccn1C)NC(=O)c1ccc2nc(N(C)C)[nH]c2c1.O=C(O)C(F)(F)F. The lowest BCUT2D eigenvalue weighted by Gasteiger charge is -2.13. The van der Waals surface area contributed by atoms with Crippen molar-refractivity contribution >= 4 is 28.9 Å². The third kappa shape index (κ3) is 6.46. The van der Waals surface area contributed by atoms with Gasteiger partial charge in [0.05, 0.1) is 11.0 Å². The Morgan fingerprint density at radius 1 is 1.32 bits per heavy atom. The number of aromatic amines is 1. The number of nitrogens with one attached hydrogen (secondary N) is 2. The predicted octanol–water partition coefficient (Wildman–Crippen LogP) is 2.36. The number of hydrogen-bond donors (Lipinski definition) is 3. The molecule has 168 valence electrons. The summed E-state index contributed by atoms with van der Waals surface area (Å²) >= 11 is 0. The molecule has 3 rings (SSSR count). The highest BCUT2D eigenvalue weighted by molar-refractivity contribution is 5.97. The molecule has 1 amide bonds. The first-order chi connectivity index (χ1) is 14.4. The van der Waals surface area contributed by atoms with Crippen LogP contribution in [-0.4, -0.2) is 62.8 Å². The highest BCUT2D eigenvalue weighted by Crippen LogP contribution is 2.17. The zero-order valence-corrected chi connectivity index (χ0v) is 17.4. The van der Waals surface area contributed by atoms with Crippen molar-refractivity contribution in [1.82, 2.24) is 24.8 Å². The first kappa shape index (κ1) is 23.7. The lowest BCUT2D eigenvalue weighted by Crippen LogP contribution is -2.34. The molecule has 1 aromatic carbocycles. The number of benzene rings is 1. The molecule has 0 aliphatic rings. The Balaban J connectivity index is 0.000000423. The van der Waals surface area contributed by atoms with E-state index in [-0.39, 0.29) is 11.9 Å². The fraction of sp³-hybridized carbons (Fsp3) is 0.368. The summed E-state index contributed by atoms with van der Waals surface area (Å²) < 4.78 is 33.7. The van der Waals surface area contributed by atoms with Crippen molar-refractivity contribution < 1.29 is 27.9 Å². The Morgan fingerprint density at radius 3 is 2.48 bits per heavy atom. The van der Waals surface area contributed by atoms with Gasteiger partial charge in [-0.15, -0.1) is 0 Å². The van der Waals surface area contributed by atoms with E-state index in [0.29, 0.717) is 12.0 Å². The molecule has 0 spiro atoms. The van der Waals surface area contributed by atoms with Crippen LogP contribution in [0.1, 0.15) is 23.1 Å². The fourth-order valence-corrected chi connectivity index (χ4v) is 2.57. The van der Waals surface area contributed by atoms with Gasteiger partial charge in [0, 0.05) is 51.6 Å². The van der Waals surface area contributed by atoms with Crippen LogP contribution >= 0.6 is 0 Å². The molecule has 1 atom stereocenters. The van der Waals surface area contributed by atoms with E-state index >= 15 is 0 Å². The Labute approximate surface area is 175 Å². The molecule has 12 heteroatoms. The number of carboxylic acid groups (broad SMARTS) is 1. The maximum Gasteiger partial charge on any atom is 0.490 e. The number of alkyl halides is 3. The van der Waals surface area contributed by atoms with Crippen LogP contribution in [0.25, 0.3) is 11.0 Å². The molecule has 0 aliphatic heterocycles. The van der Waals surface area contributed by atoms with Crippen molar-refractivity contribution in [3.05, 3.63) is 42.0 Å². The number of imidazole rings is 2. The van der Waals surface area contributed by atoms with E-state index in [1.807, 2.05) is 55.9 Å². The Hall–Kier alpha value is -3.57. The van der Waals surface area contributed by atoms with E-state index in [1.165, 1.54) is 0 Å². The summed E-state index contributed by atoms with van der Waals surface area (Å²) in [7, 11) is 5.79. The Bertz CT molecular complexity index is 1060. The first-order valence-electron chi connectivity index (χ1n) is 9.12. The van der Waals surface area contributed by atoms with Crippen molar-refractivity contribution in [2.75, 3.05) is 19.0 Å². The van der Waals surface area contributed by atoms with Crippen LogP contribution in [0.15, 0.2) is 30.6 Å². The van der Waals surface area contributed by atoms with Gasteiger partial charge in [-0.05, 0) is 25.1 Å². The minimum Gasteiger partial charge on any atom is -0.475 e. The third-order valence-electron chi connectivity index (χ3n) is 4.18. The number of H-pyrrole nitrogens is 1. The van der Waals surface area contributed by atoms with Crippen LogP contribution in [0.5, 0.6) is 0 Å². The van der Waals surface area contributed by atoms with Gasteiger partial charge in [-0.25, -0.2) is 14.8 Å². The monoisotopic (exact) mass is 440 g/mol. The van der Waals surface area contributed by atoms with Crippen molar-refractivity contribution in [2.45, 2.75) is 25.6 Å². The number of carboxylic acids is 1. The molecule has 2 aromatic heterocycles. The molecule has 31 heavy (non-hydrogen) atoms. The standard InChI is InChI=1S/C17H22N6O.C2HF3O2/c1-11(9-15-18-7-8-23(15)4)19-16(24)12-5-6-13-14(10-12)21-17(20-13)22(2)3;3-2(4,5)1(6)7/h5-8,10-11H,9H2,1-4H3,(H,19,24)(H,20,21);(H,6,7). The van der Waals surface area contributed by atoms with Crippen LogP contribution in [0, 0.1) is 0 Å². The van der Waals surface area contributed by atoms with E-state index in [2.05, 4.69) is 20.3 Å². The lowest BCUT2D eigenvalue weighted by atomic mass is 10.1. The Morgan fingerprint density at radius 2 is 1.97 bits per heavy atom. The predicted molar refractivity (Wildman–Crippen MR) is 108 cm³/mol. The van der Waals surface area contributed by atoms with Gasteiger partial charge >= 0.3 is 12.1 Å². The average Bonchev–Trinajstić information content (AvgIpc) is 3.27. The van der Waals surface area contributed by atoms with Gasteiger partial charge in [-0.1, -0.05) is 0 Å². The average molecular weight is 440 g/mol. The second kappa shape index (κ2) is 9.49. The summed E-state index contributed by atoms with van der Waals surface area (Å²) in [5.41, 5.74) is 2.31. The summed E-state index contributed by atoms with van der Waals surface area (Å²) in [6, 6.07) is 5.48. The van der Waals surface area contributed by atoms with Gasteiger partial charge in [-0.2, -0.15) is 13.2 Å². The molecule has 0 radical (unpaired) electrons. The highest BCUT2D eigenvalue weighted by atomic mass is 19.4. The van der Waals surface area contributed by atoms with Crippen LogP contribution in [-0.2, 0) is 18.3 Å². The van der Waals surface area contributed by atoms with Gasteiger partial charge in [0.15, 0.2) is 0 Å². The second-order valence-electron chi connectivity index (χ2n) is 7.02. The summed E-state index contributed by atoms with van der Waals surface area (Å²) in [6.45, 7) is 1.98. The number of aliphatic carboxylic acids is 1. The van der Waals surface area contributed by atoms with Gasteiger partial charge in [0.2, 0.25) is 5.95 Å². The topological polar surface area (TPSA) is 116 Å². The van der Waals surface area contributed by atoms with Crippen molar-refractivity contribution in [3.8, 4) is 0 Å². The van der Waals surface area contributed by atoms with Crippen LogP contribution in [0.4, 0.5) is 19.1 Å². The van der Waals surface area contributed by atoms with Gasteiger partial charge < -0.3 is 24.9 Å². The molecule has 0 aliphatic carbocycles. The van der Waals surface area contributed by atoms with Gasteiger partial charge in [0.25, 0.3) is 5.91 Å². The number of carbonyl (C=O) groups excluding carboxylic acids is 1. The van der Waals surface area contributed by atoms with Gasteiger partial charge in [-0.3, -0.25) is 4.79 Å². The summed E-state index contributed by atoms with van der Waals surface area (Å²) in [6.07, 6.45) is -0.733. The molecule has 2 heterocycles. The lowest BCUT2D eigenvalue weighted by molar-refractivity contribution is -0.192. The number of aromatic nitrogens is 4. The van der Waals surface area contributed by atoms with E-state index in [4.69, 9.17) is 9.90 Å². The minimum absolute atomic E-state index is 0.00611. The third-order valence-corrected chi connectivity index (χ3v) is 4.18. The summed E-state index contributed by atoms with van der Waals surface area (Å²) in [5, 5.41) is 10.1. The number of hydrogen-bond acceptors (Lipinski definition) is 5.